The van der Waals surface area contributed by atoms with Crippen molar-refractivity contribution < 1.29 is 0 Å². The number of thioether (sulfide) groups is 1. The van der Waals surface area contributed by atoms with Crippen LogP contribution < -0.4 is 0 Å². The lowest BCUT2D eigenvalue weighted by atomic mass is 9.89. The van der Waals surface area contributed by atoms with Crippen LogP contribution in [0.4, 0.5) is 0 Å². The minimum atomic E-state index is 0.788. The smallest absolute Gasteiger partial charge is 0.128 e. The van der Waals surface area contributed by atoms with Gasteiger partial charge in [0.1, 0.15) is 15.7 Å². The zero-order chi connectivity index (χ0) is 15.8. The van der Waals surface area contributed by atoms with Gasteiger partial charge in [-0.2, -0.15) is 0 Å². The molecule has 3 aromatic rings. The Balaban J connectivity index is 1.73. The first-order valence-corrected chi connectivity index (χ1v) is 9.81. The number of pyridine rings is 1. The molecule has 1 aliphatic carbocycles. The highest BCUT2D eigenvalue weighted by molar-refractivity contribution is 7.98. The van der Waals surface area contributed by atoms with Crippen molar-refractivity contribution in [3.8, 4) is 0 Å². The number of thiophene rings is 1. The van der Waals surface area contributed by atoms with Crippen LogP contribution in [-0.2, 0) is 18.6 Å². The fraction of sp³-hybridized carbons (Fsp3) is 0.389. The van der Waals surface area contributed by atoms with E-state index in [0.29, 0.717) is 0 Å². The highest BCUT2D eigenvalue weighted by atomic mass is 32.2. The summed E-state index contributed by atoms with van der Waals surface area (Å²) in [5.74, 6) is 2.56. The second-order valence-corrected chi connectivity index (χ2v) is 8.31. The van der Waals surface area contributed by atoms with Crippen molar-refractivity contribution in [1.82, 2.24) is 15.0 Å². The van der Waals surface area contributed by atoms with Crippen molar-refractivity contribution >= 4 is 33.3 Å². The molecule has 0 spiro atoms. The summed E-state index contributed by atoms with van der Waals surface area (Å²) in [5, 5.41) is 2.46. The number of nitrogens with zero attached hydrogens (tertiary/aromatic N) is 3. The zero-order valence-corrected chi connectivity index (χ0v) is 15.0. The summed E-state index contributed by atoms with van der Waals surface area (Å²) in [6.45, 7) is 4.34. The number of rotatable bonds is 3. The standard InChI is InChI=1S/C18H19N3S2/c1-11-5-6-14-15(8-11)23-18-16(14)17(20-12(2)21-18)22-10-13-4-3-7-19-9-13/h3-4,7,9,11H,5-6,8,10H2,1-2H3. The van der Waals surface area contributed by atoms with Crippen molar-refractivity contribution in [3.63, 3.8) is 0 Å². The van der Waals surface area contributed by atoms with Gasteiger partial charge in [0.2, 0.25) is 0 Å². The SMILES string of the molecule is Cc1nc(SCc2cccnc2)c2c3c(sc2n1)CC(C)CC3. The second-order valence-electron chi connectivity index (χ2n) is 6.26. The highest BCUT2D eigenvalue weighted by Crippen LogP contribution is 2.41. The Hall–Kier alpha value is -1.46. The van der Waals surface area contributed by atoms with Gasteiger partial charge in [0, 0.05) is 28.4 Å². The van der Waals surface area contributed by atoms with E-state index in [1.54, 1.807) is 0 Å². The third kappa shape index (κ3) is 3.00. The molecule has 3 aromatic heterocycles. The fourth-order valence-electron chi connectivity index (χ4n) is 3.15. The molecule has 3 nitrogen and oxygen atoms in total. The number of aromatic nitrogens is 3. The average molecular weight is 342 g/mol. The summed E-state index contributed by atoms with van der Waals surface area (Å²) in [5.41, 5.74) is 2.75. The molecule has 0 amide bonds. The van der Waals surface area contributed by atoms with Gasteiger partial charge in [0.05, 0.1) is 0 Å². The van der Waals surface area contributed by atoms with Crippen LogP contribution >= 0.6 is 23.1 Å². The third-order valence-corrected chi connectivity index (χ3v) is 6.53. The molecule has 5 heteroatoms. The minimum Gasteiger partial charge on any atom is -0.264 e. The molecule has 0 aromatic carbocycles. The van der Waals surface area contributed by atoms with Gasteiger partial charge in [-0.05, 0) is 49.3 Å². The molecule has 118 valence electrons. The first kappa shape index (κ1) is 15.1. The molecule has 0 fully saturated rings. The van der Waals surface area contributed by atoms with E-state index in [4.69, 9.17) is 9.97 Å². The molecule has 0 N–H and O–H groups in total. The summed E-state index contributed by atoms with van der Waals surface area (Å²) in [6.07, 6.45) is 7.39. The molecule has 0 aliphatic heterocycles. The maximum Gasteiger partial charge on any atom is 0.128 e. The van der Waals surface area contributed by atoms with Crippen LogP contribution in [0.5, 0.6) is 0 Å². The summed E-state index contributed by atoms with van der Waals surface area (Å²) in [4.78, 5) is 16.4. The fourth-order valence-corrected chi connectivity index (χ4v) is 5.68. The molecule has 1 aliphatic rings. The minimum absolute atomic E-state index is 0.788. The molecular weight excluding hydrogens is 322 g/mol. The van der Waals surface area contributed by atoms with Crippen LogP contribution in [0.2, 0.25) is 0 Å². The van der Waals surface area contributed by atoms with Crippen LogP contribution in [0.1, 0.15) is 35.2 Å². The van der Waals surface area contributed by atoms with Crippen molar-refractivity contribution in [1.29, 1.82) is 0 Å². The lowest BCUT2D eigenvalue weighted by Gasteiger charge is -2.18. The largest absolute Gasteiger partial charge is 0.264 e. The maximum atomic E-state index is 4.75. The first-order chi connectivity index (χ1) is 11.2. The van der Waals surface area contributed by atoms with Crippen LogP contribution in [0.25, 0.3) is 10.2 Å². The van der Waals surface area contributed by atoms with Gasteiger partial charge in [-0.25, -0.2) is 9.97 Å². The number of aryl methyl sites for hydroxylation is 2. The maximum absolute atomic E-state index is 4.75. The van der Waals surface area contributed by atoms with E-state index in [1.807, 2.05) is 48.5 Å². The molecule has 1 atom stereocenters. The summed E-state index contributed by atoms with van der Waals surface area (Å²) in [7, 11) is 0. The third-order valence-electron chi connectivity index (χ3n) is 4.33. The van der Waals surface area contributed by atoms with E-state index in [2.05, 4.69) is 18.0 Å². The van der Waals surface area contributed by atoms with E-state index < -0.39 is 0 Å². The first-order valence-electron chi connectivity index (χ1n) is 8.01. The Morgan fingerprint density at radius 3 is 3.09 bits per heavy atom. The van der Waals surface area contributed by atoms with Crippen molar-refractivity contribution in [2.45, 2.75) is 43.9 Å². The van der Waals surface area contributed by atoms with Crippen molar-refractivity contribution in [2.75, 3.05) is 0 Å². The molecule has 4 rings (SSSR count). The van der Waals surface area contributed by atoms with Gasteiger partial charge >= 0.3 is 0 Å². The molecule has 0 radical (unpaired) electrons. The Labute approximate surface area is 144 Å². The van der Waals surface area contributed by atoms with Gasteiger partial charge in [0.25, 0.3) is 0 Å². The predicted molar refractivity (Wildman–Crippen MR) is 97.1 cm³/mol. The zero-order valence-electron chi connectivity index (χ0n) is 13.4. The van der Waals surface area contributed by atoms with Crippen LogP contribution in [0, 0.1) is 12.8 Å². The van der Waals surface area contributed by atoms with E-state index in [9.17, 15) is 0 Å². The summed E-state index contributed by atoms with van der Waals surface area (Å²) in [6, 6.07) is 4.11. The van der Waals surface area contributed by atoms with Crippen LogP contribution in [0.15, 0.2) is 29.6 Å². The molecule has 1 unspecified atom stereocenters. The van der Waals surface area contributed by atoms with Gasteiger partial charge in [-0.15, -0.1) is 23.1 Å². The average Bonchev–Trinajstić information content (AvgIpc) is 2.90. The van der Waals surface area contributed by atoms with Crippen LogP contribution in [-0.4, -0.2) is 15.0 Å². The molecule has 0 saturated heterocycles. The van der Waals surface area contributed by atoms with Gasteiger partial charge in [0.15, 0.2) is 0 Å². The predicted octanol–water partition coefficient (Wildman–Crippen LogP) is 4.81. The summed E-state index contributed by atoms with van der Waals surface area (Å²) >= 11 is 3.69. The lowest BCUT2D eigenvalue weighted by Crippen LogP contribution is -2.08. The Bertz CT molecular complexity index is 842. The Morgan fingerprint density at radius 1 is 1.35 bits per heavy atom. The van der Waals surface area contributed by atoms with Gasteiger partial charge in [-0.3, -0.25) is 4.98 Å². The van der Waals surface area contributed by atoms with Crippen LogP contribution in [0.3, 0.4) is 0 Å². The van der Waals surface area contributed by atoms with Crippen molar-refractivity contribution in [3.05, 3.63) is 46.4 Å². The van der Waals surface area contributed by atoms with E-state index >= 15 is 0 Å². The molecule has 0 saturated carbocycles. The van der Waals surface area contributed by atoms with E-state index in [-0.39, 0.29) is 0 Å². The Morgan fingerprint density at radius 2 is 2.26 bits per heavy atom. The lowest BCUT2D eigenvalue weighted by molar-refractivity contribution is 0.509. The quantitative estimate of drug-likeness (QED) is 0.506. The molecule has 3 heterocycles. The summed E-state index contributed by atoms with van der Waals surface area (Å²) < 4.78 is 0. The van der Waals surface area contributed by atoms with E-state index in [1.165, 1.54) is 45.5 Å². The van der Waals surface area contributed by atoms with Gasteiger partial charge in [-0.1, -0.05) is 13.0 Å². The number of hydrogen-bond acceptors (Lipinski definition) is 5. The normalized spacial score (nSPS) is 17.4. The number of hydrogen-bond donors (Lipinski definition) is 0. The monoisotopic (exact) mass is 341 g/mol. The molecular formula is C18H19N3S2. The molecule has 0 bridgehead atoms. The topological polar surface area (TPSA) is 38.7 Å². The second kappa shape index (κ2) is 6.21. The van der Waals surface area contributed by atoms with Gasteiger partial charge < -0.3 is 0 Å². The molecule has 23 heavy (non-hydrogen) atoms. The highest BCUT2D eigenvalue weighted by Gasteiger charge is 2.23. The van der Waals surface area contributed by atoms with E-state index in [0.717, 1.165) is 22.5 Å². The Kier molecular flexibility index (Phi) is 4.07. The van der Waals surface area contributed by atoms with Crippen molar-refractivity contribution in [2.24, 2.45) is 5.92 Å². The number of fused-ring (bicyclic) bond motifs is 3.